The zero-order valence-electron chi connectivity index (χ0n) is 36.4. The van der Waals surface area contributed by atoms with Crippen molar-refractivity contribution in [3.63, 3.8) is 0 Å². The molecule has 0 fully saturated rings. The number of nitrogens with zero attached hydrogens (tertiary/aromatic N) is 8. The molecule has 0 amide bonds. The molecule has 11 aromatic rings. The maximum Gasteiger partial charge on any atom is 0.160 e. The van der Waals surface area contributed by atoms with Gasteiger partial charge in [-0.3, -0.25) is 4.98 Å². The normalized spacial score (nSPS) is 13.7. The van der Waals surface area contributed by atoms with Crippen LogP contribution in [-0.4, -0.2) is 48.5 Å². The topological polar surface area (TPSA) is 92.4 Å². The highest BCUT2D eigenvalue weighted by Crippen LogP contribution is 2.39. The maximum atomic E-state index is 5.52. The highest BCUT2D eigenvalue weighted by atomic mass is 15.3. The van der Waals surface area contributed by atoms with Gasteiger partial charge in [0.25, 0.3) is 0 Å². The molecule has 8 heteroatoms. The van der Waals surface area contributed by atoms with Crippen LogP contribution in [0.15, 0.2) is 229 Å². The van der Waals surface area contributed by atoms with Crippen molar-refractivity contribution in [1.29, 1.82) is 0 Å². The van der Waals surface area contributed by atoms with Gasteiger partial charge in [0.05, 0.1) is 11.3 Å². The van der Waals surface area contributed by atoms with E-state index in [4.69, 9.17) is 24.9 Å². The first-order chi connectivity index (χ1) is 33.1. The average Bonchev–Trinajstić information content (AvgIpc) is 3.41. The molecule has 0 saturated heterocycles. The third-order valence-electron chi connectivity index (χ3n) is 12.5. The Labute approximate surface area is 387 Å². The lowest BCUT2D eigenvalue weighted by molar-refractivity contribution is 0.382. The van der Waals surface area contributed by atoms with E-state index in [-0.39, 0.29) is 0 Å². The molecule has 1 atom stereocenters. The molecule has 0 N–H and O–H groups in total. The Morgan fingerprint density at radius 1 is 0.388 bits per heavy atom. The summed E-state index contributed by atoms with van der Waals surface area (Å²) >= 11 is 0. The first kappa shape index (κ1) is 39.6. The third-order valence-corrected chi connectivity index (χ3v) is 12.5. The zero-order valence-corrected chi connectivity index (χ0v) is 36.4. The SMILES string of the molecule is CN1C(c2cnc(-c3ccc4ccccc4c3)nc2)=NC(c2cc(-c3ccc(-c4ncccn4)cn3)cc(-c3cc4ccccc4c4ccccc34)c2)=NC1c1cccc(-c2ccccc2)c1. The lowest BCUT2D eigenvalue weighted by Crippen LogP contribution is -2.36. The van der Waals surface area contributed by atoms with Crippen LogP contribution in [0.2, 0.25) is 0 Å². The van der Waals surface area contributed by atoms with Gasteiger partial charge < -0.3 is 4.90 Å². The van der Waals surface area contributed by atoms with Crippen LogP contribution in [0.1, 0.15) is 22.9 Å². The molecule has 0 radical (unpaired) electrons. The number of aliphatic imine (C=N–C) groups is 2. The number of benzene rings is 8. The Hall–Kier alpha value is -9.01. The first-order valence-electron chi connectivity index (χ1n) is 22.3. The Kier molecular flexibility index (Phi) is 9.95. The van der Waals surface area contributed by atoms with Crippen molar-refractivity contribution >= 4 is 44.0 Å². The molecular weight excluding hydrogens is 821 g/mol. The quantitative estimate of drug-likeness (QED) is 0.141. The number of hydrogen-bond acceptors (Lipinski definition) is 8. The van der Waals surface area contributed by atoms with Gasteiger partial charge in [-0.05, 0) is 115 Å². The van der Waals surface area contributed by atoms with E-state index in [0.717, 1.165) is 77.5 Å². The van der Waals surface area contributed by atoms with Crippen LogP contribution in [-0.2, 0) is 0 Å². The first-order valence-corrected chi connectivity index (χ1v) is 22.3. The lowest BCUT2D eigenvalue weighted by atomic mass is 9.91. The highest BCUT2D eigenvalue weighted by Gasteiger charge is 2.28. The molecule has 3 aromatic heterocycles. The van der Waals surface area contributed by atoms with E-state index in [1.165, 1.54) is 16.2 Å². The van der Waals surface area contributed by atoms with Crippen LogP contribution in [0.3, 0.4) is 0 Å². The molecule has 1 aliphatic rings. The third kappa shape index (κ3) is 7.56. The molecule has 0 aliphatic carbocycles. The summed E-state index contributed by atoms with van der Waals surface area (Å²) in [4.78, 5) is 36.8. The minimum Gasteiger partial charge on any atom is -0.333 e. The molecule has 12 rings (SSSR count). The summed E-state index contributed by atoms with van der Waals surface area (Å²) < 4.78 is 0. The standard InChI is InChI=1S/C59H40N8/c1-67-58(44-19-11-18-41(30-44)38-13-3-2-4-14-38)65-57(66-59(67)49-36-63-55(64-37-49)43-24-23-39-15-5-6-16-40(39)29-43)48-32-46(53-34-42-17-7-8-20-50(42)51-21-9-10-22-52(51)53)31-47(33-48)54-26-25-45(35-62-54)56-60-27-12-28-61-56/h2-37,58H,1H3. The van der Waals surface area contributed by atoms with E-state index in [0.29, 0.717) is 23.3 Å². The molecule has 8 aromatic carbocycles. The summed E-state index contributed by atoms with van der Waals surface area (Å²) in [5.41, 5.74) is 10.5. The van der Waals surface area contributed by atoms with Gasteiger partial charge in [0.15, 0.2) is 23.7 Å². The minimum atomic E-state index is -0.428. The van der Waals surface area contributed by atoms with Crippen LogP contribution in [0.25, 0.3) is 88.6 Å². The van der Waals surface area contributed by atoms with E-state index in [1.54, 1.807) is 12.4 Å². The monoisotopic (exact) mass is 860 g/mol. The van der Waals surface area contributed by atoms with Crippen molar-refractivity contribution in [1.82, 2.24) is 29.8 Å². The van der Waals surface area contributed by atoms with Crippen molar-refractivity contribution in [2.24, 2.45) is 9.98 Å². The van der Waals surface area contributed by atoms with Gasteiger partial charge in [0.1, 0.15) is 5.84 Å². The van der Waals surface area contributed by atoms with Gasteiger partial charge in [-0.25, -0.2) is 29.9 Å². The van der Waals surface area contributed by atoms with Gasteiger partial charge in [0, 0.05) is 60.3 Å². The zero-order chi connectivity index (χ0) is 44.7. The van der Waals surface area contributed by atoms with Crippen LogP contribution < -0.4 is 0 Å². The van der Waals surface area contributed by atoms with Gasteiger partial charge in [-0.1, -0.05) is 133 Å². The molecule has 67 heavy (non-hydrogen) atoms. The molecule has 0 bridgehead atoms. The summed E-state index contributed by atoms with van der Waals surface area (Å²) in [5.74, 6) is 2.56. The summed E-state index contributed by atoms with van der Waals surface area (Å²) in [6.07, 6.45) is 8.64. The summed E-state index contributed by atoms with van der Waals surface area (Å²) in [5, 5.41) is 7.03. The lowest BCUT2D eigenvalue weighted by Gasteiger charge is -2.32. The van der Waals surface area contributed by atoms with E-state index in [2.05, 4.69) is 179 Å². The second kappa shape index (κ2) is 16.8. The number of fused-ring (bicyclic) bond motifs is 4. The van der Waals surface area contributed by atoms with E-state index in [9.17, 15) is 0 Å². The van der Waals surface area contributed by atoms with E-state index in [1.807, 2.05) is 49.9 Å². The Morgan fingerprint density at radius 2 is 1.04 bits per heavy atom. The molecule has 4 heterocycles. The largest absolute Gasteiger partial charge is 0.333 e. The number of hydrogen-bond donors (Lipinski definition) is 0. The number of pyridine rings is 1. The summed E-state index contributed by atoms with van der Waals surface area (Å²) in [6.45, 7) is 0. The van der Waals surface area contributed by atoms with Crippen molar-refractivity contribution < 1.29 is 0 Å². The van der Waals surface area contributed by atoms with E-state index < -0.39 is 6.17 Å². The molecule has 8 nitrogen and oxygen atoms in total. The number of rotatable bonds is 8. The molecule has 1 aliphatic heterocycles. The number of aromatic nitrogens is 5. The fourth-order valence-corrected chi connectivity index (χ4v) is 9.16. The van der Waals surface area contributed by atoms with Crippen LogP contribution in [0.4, 0.5) is 0 Å². The maximum absolute atomic E-state index is 5.52. The second-order valence-electron chi connectivity index (χ2n) is 16.7. The smallest absolute Gasteiger partial charge is 0.160 e. The van der Waals surface area contributed by atoms with Gasteiger partial charge in [0.2, 0.25) is 0 Å². The predicted molar refractivity (Wildman–Crippen MR) is 272 cm³/mol. The van der Waals surface area contributed by atoms with Crippen LogP contribution in [0, 0.1) is 0 Å². The van der Waals surface area contributed by atoms with Gasteiger partial charge >= 0.3 is 0 Å². The van der Waals surface area contributed by atoms with Crippen molar-refractivity contribution in [3.8, 4) is 56.3 Å². The summed E-state index contributed by atoms with van der Waals surface area (Å²) in [6, 6.07) is 65.7. The number of amidine groups is 2. The Balaban J connectivity index is 1.04. The Morgan fingerprint density at radius 3 is 1.85 bits per heavy atom. The Bertz CT molecular complexity index is 3700. The molecular formula is C59H40N8. The fourth-order valence-electron chi connectivity index (χ4n) is 9.16. The van der Waals surface area contributed by atoms with Gasteiger partial charge in [-0.2, -0.15) is 0 Å². The molecule has 0 spiro atoms. The second-order valence-corrected chi connectivity index (χ2v) is 16.7. The van der Waals surface area contributed by atoms with Gasteiger partial charge in [-0.15, -0.1) is 0 Å². The fraction of sp³-hybridized carbons (Fsp3) is 0.0339. The van der Waals surface area contributed by atoms with Crippen molar-refractivity contribution in [2.75, 3.05) is 7.05 Å². The van der Waals surface area contributed by atoms with Crippen LogP contribution in [0.5, 0.6) is 0 Å². The highest BCUT2D eigenvalue weighted by molar-refractivity contribution is 6.16. The average molecular weight is 861 g/mol. The van der Waals surface area contributed by atoms with Crippen molar-refractivity contribution in [2.45, 2.75) is 6.17 Å². The molecule has 0 saturated carbocycles. The summed E-state index contributed by atoms with van der Waals surface area (Å²) in [7, 11) is 2.04. The predicted octanol–water partition coefficient (Wildman–Crippen LogP) is 13.3. The minimum absolute atomic E-state index is 0.428. The van der Waals surface area contributed by atoms with Crippen LogP contribution >= 0.6 is 0 Å². The molecule has 1 unspecified atom stereocenters. The molecule has 316 valence electrons. The van der Waals surface area contributed by atoms with E-state index >= 15 is 0 Å². The van der Waals surface area contributed by atoms with Crippen molar-refractivity contribution in [3.05, 3.63) is 236 Å².